The number of benzene rings is 1. The Bertz CT molecular complexity index is 699. The average Bonchev–Trinajstić information content (AvgIpc) is 3.12. The van der Waals surface area contributed by atoms with Gasteiger partial charge in [0.05, 0.1) is 0 Å². The number of carbonyl (C=O) groups excluding carboxylic acids is 1. The number of unbranched alkanes of at least 4 members (excludes halogenated alkanes) is 2. The number of aromatic nitrogens is 2. The first-order valence-corrected chi connectivity index (χ1v) is 9.08. The predicted molar refractivity (Wildman–Crippen MR) is 92.1 cm³/mol. The third kappa shape index (κ3) is 4.24. The van der Waals surface area contributed by atoms with Gasteiger partial charge in [-0.1, -0.05) is 24.9 Å². The standard InChI is InChI=1S/C19H24FN3O2/c1-2-3-4-8-17(24)23-13-6-5-7-16(23)19-21-18(22-25-19)14-9-11-15(20)12-10-14/h9-12,16H,2-8,13H2,1H3. The molecule has 2 aromatic rings. The van der Waals surface area contributed by atoms with Crippen LogP contribution < -0.4 is 0 Å². The molecule has 1 aliphatic heterocycles. The van der Waals surface area contributed by atoms with E-state index in [0.29, 0.717) is 23.7 Å². The van der Waals surface area contributed by atoms with Crippen LogP contribution in [0.5, 0.6) is 0 Å². The van der Waals surface area contributed by atoms with Gasteiger partial charge in [-0.05, 0) is 49.9 Å². The fourth-order valence-corrected chi connectivity index (χ4v) is 3.24. The Morgan fingerprint density at radius 3 is 2.84 bits per heavy atom. The summed E-state index contributed by atoms with van der Waals surface area (Å²) >= 11 is 0. The van der Waals surface area contributed by atoms with Crippen LogP contribution in [0.4, 0.5) is 4.39 Å². The van der Waals surface area contributed by atoms with Crippen LogP contribution in [0.1, 0.15) is 63.8 Å². The van der Waals surface area contributed by atoms with Gasteiger partial charge in [0.1, 0.15) is 11.9 Å². The zero-order valence-electron chi connectivity index (χ0n) is 14.6. The second-order valence-electron chi connectivity index (χ2n) is 6.52. The van der Waals surface area contributed by atoms with E-state index >= 15 is 0 Å². The van der Waals surface area contributed by atoms with Crippen LogP contribution in [0, 0.1) is 5.82 Å². The van der Waals surface area contributed by atoms with Crippen molar-refractivity contribution in [2.24, 2.45) is 0 Å². The van der Waals surface area contributed by atoms with Crippen molar-refractivity contribution in [3.63, 3.8) is 0 Å². The van der Waals surface area contributed by atoms with E-state index in [2.05, 4.69) is 17.1 Å². The van der Waals surface area contributed by atoms with Gasteiger partial charge >= 0.3 is 0 Å². The smallest absolute Gasteiger partial charge is 0.249 e. The van der Waals surface area contributed by atoms with Crippen molar-refractivity contribution in [2.45, 2.75) is 57.9 Å². The summed E-state index contributed by atoms with van der Waals surface area (Å²) in [5.74, 6) is 0.769. The Kier molecular flexibility index (Phi) is 5.79. The Hall–Kier alpha value is -2.24. The number of amides is 1. The predicted octanol–water partition coefficient (Wildman–Crippen LogP) is 4.51. The van der Waals surface area contributed by atoms with E-state index in [1.165, 1.54) is 12.1 Å². The minimum Gasteiger partial charge on any atom is -0.337 e. The van der Waals surface area contributed by atoms with Gasteiger partial charge in [-0.3, -0.25) is 4.79 Å². The van der Waals surface area contributed by atoms with Gasteiger partial charge in [-0.25, -0.2) is 4.39 Å². The SMILES string of the molecule is CCCCCC(=O)N1CCCCC1c1nc(-c2ccc(F)cc2)no1. The third-order valence-corrected chi connectivity index (χ3v) is 4.65. The number of hydrogen-bond donors (Lipinski definition) is 0. The molecule has 1 atom stereocenters. The molecule has 0 radical (unpaired) electrons. The third-order valence-electron chi connectivity index (χ3n) is 4.65. The van der Waals surface area contributed by atoms with E-state index in [-0.39, 0.29) is 17.8 Å². The maximum absolute atomic E-state index is 13.1. The second-order valence-corrected chi connectivity index (χ2v) is 6.52. The molecule has 1 saturated heterocycles. The molecule has 6 heteroatoms. The molecule has 1 unspecified atom stereocenters. The summed E-state index contributed by atoms with van der Waals surface area (Å²) in [5.41, 5.74) is 0.702. The molecule has 0 aliphatic carbocycles. The first kappa shape index (κ1) is 17.6. The van der Waals surface area contributed by atoms with Gasteiger partial charge < -0.3 is 9.42 Å². The summed E-state index contributed by atoms with van der Waals surface area (Å²) < 4.78 is 18.5. The first-order valence-electron chi connectivity index (χ1n) is 9.08. The molecular weight excluding hydrogens is 321 g/mol. The number of nitrogens with zero attached hydrogens (tertiary/aromatic N) is 3. The number of rotatable bonds is 6. The van der Waals surface area contributed by atoms with Crippen LogP contribution in [0.3, 0.4) is 0 Å². The minimum atomic E-state index is -0.302. The van der Waals surface area contributed by atoms with Crippen LogP contribution in [0.15, 0.2) is 28.8 Å². The van der Waals surface area contributed by atoms with E-state index in [9.17, 15) is 9.18 Å². The molecule has 0 saturated carbocycles. The van der Waals surface area contributed by atoms with Gasteiger partial charge in [0.2, 0.25) is 17.6 Å². The van der Waals surface area contributed by atoms with Crippen molar-refractivity contribution in [1.29, 1.82) is 0 Å². The largest absolute Gasteiger partial charge is 0.337 e. The van der Waals surface area contributed by atoms with Crippen molar-refractivity contribution in [3.05, 3.63) is 36.0 Å². The summed E-state index contributed by atoms with van der Waals surface area (Å²) in [4.78, 5) is 18.9. The highest BCUT2D eigenvalue weighted by molar-refractivity contribution is 5.76. The molecule has 3 rings (SSSR count). The molecule has 1 aromatic heterocycles. The lowest BCUT2D eigenvalue weighted by Gasteiger charge is -2.33. The lowest BCUT2D eigenvalue weighted by atomic mass is 10.0. The fourth-order valence-electron chi connectivity index (χ4n) is 3.24. The molecule has 0 bridgehead atoms. The van der Waals surface area contributed by atoms with Crippen LogP contribution in [0.2, 0.25) is 0 Å². The van der Waals surface area contributed by atoms with Crippen molar-refractivity contribution in [1.82, 2.24) is 15.0 Å². The summed E-state index contributed by atoms with van der Waals surface area (Å²) in [5, 5.41) is 4.01. The Morgan fingerprint density at radius 2 is 2.08 bits per heavy atom. The van der Waals surface area contributed by atoms with Crippen LogP contribution in [-0.4, -0.2) is 27.5 Å². The number of hydrogen-bond acceptors (Lipinski definition) is 4. The van der Waals surface area contributed by atoms with Crippen molar-refractivity contribution >= 4 is 5.91 Å². The number of halogens is 1. The maximum Gasteiger partial charge on any atom is 0.249 e. The fraction of sp³-hybridized carbons (Fsp3) is 0.526. The van der Waals surface area contributed by atoms with Crippen molar-refractivity contribution < 1.29 is 13.7 Å². The van der Waals surface area contributed by atoms with Crippen molar-refractivity contribution in [2.75, 3.05) is 6.54 Å². The van der Waals surface area contributed by atoms with Gasteiger partial charge in [0, 0.05) is 18.5 Å². The first-order chi connectivity index (χ1) is 12.2. The lowest BCUT2D eigenvalue weighted by molar-refractivity contribution is -0.135. The van der Waals surface area contributed by atoms with Crippen LogP contribution >= 0.6 is 0 Å². The molecule has 1 fully saturated rings. The lowest BCUT2D eigenvalue weighted by Crippen LogP contribution is -2.38. The molecular formula is C19H24FN3O2. The van der Waals surface area contributed by atoms with Crippen LogP contribution in [-0.2, 0) is 4.79 Å². The zero-order chi connectivity index (χ0) is 17.6. The molecule has 134 valence electrons. The highest BCUT2D eigenvalue weighted by atomic mass is 19.1. The summed E-state index contributed by atoms with van der Waals surface area (Å²) in [7, 11) is 0. The van der Waals surface area contributed by atoms with E-state index in [1.54, 1.807) is 12.1 Å². The quantitative estimate of drug-likeness (QED) is 0.723. The second kappa shape index (κ2) is 8.23. The van der Waals surface area contributed by atoms with Crippen molar-refractivity contribution in [3.8, 4) is 11.4 Å². The van der Waals surface area contributed by atoms with E-state index in [0.717, 1.165) is 45.1 Å². The molecule has 2 heterocycles. The Morgan fingerprint density at radius 1 is 1.28 bits per heavy atom. The van der Waals surface area contributed by atoms with Gasteiger partial charge in [0.25, 0.3) is 0 Å². The number of carbonyl (C=O) groups is 1. The van der Waals surface area contributed by atoms with E-state index in [4.69, 9.17) is 4.52 Å². The van der Waals surface area contributed by atoms with Gasteiger partial charge in [-0.15, -0.1) is 0 Å². The number of piperidine rings is 1. The van der Waals surface area contributed by atoms with Crippen LogP contribution in [0.25, 0.3) is 11.4 Å². The highest BCUT2D eigenvalue weighted by Crippen LogP contribution is 2.31. The number of likely N-dealkylation sites (tertiary alicyclic amines) is 1. The Labute approximate surface area is 147 Å². The van der Waals surface area contributed by atoms with Gasteiger partial charge in [-0.2, -0.15) is 4.98 Å². The minimum absolute atomic E-state index is 0.149. The topological polar surface area (TPSA) is 59.2 Å². The normalized spacial score (nSPS) is 17.7. The summed E-state index contributed by atoms with van der Waals surface area (Å²) in [6.07, 6.45) is 6.55. The molecule has 0 N–H and O–H groups in total. The van der Waals surface area contributed by atoms with E-state index < -0.39 is 0 Å². The summed E-state index contributed by atoms with van der Waals surface area (Å²) in [6, 6.07) is 5.84. The molecule has 0 spiro atoms. The zero-order valence-corrected chi connectivity index (χ0v) is 14.6. The molecule has 25 heavy (non-hydrogen) atoms. The monoisotopic (exact) mass is 345 g/mol. The average molecular weight is 345 g/mol. The highest BCUT2D eigenvalue weighted by Gasteiger charge is 2.31. The maximum atomic E-state index is 13.1. The van der Waals surface area contributed by atoms with E-state index in [1.807, 2.05) is 4.90 Å². The molecule has 1 aliphatic rings. The molecule has 1 aromatic carbocycles. The summed E-state index contributed by atoms with van der Waals surface area (Å²) in [6.45, 7) is 2.87. The molecule has 5 nitrogen and oxygen atoms in total. The Balaban J connectivity index is 1.74. The molecule has 1 amide bonds. The van der Waals surface area contributed by atoms with Gasteiger partial charge in [0.15, 0.2) is 0 Å².